The monoisotopic (exact) mass is 357 g/mol. The van der Waals surface area contributed by atoms with E-state index in [0.29, 0.717) is 0 Å². The zero-order valence-electron chi connectivity index (χ0n) is 13.8. The Hall–Kier alpha value is -3.25. The van der Waals surface area contributed by atoms with Crippen molar-refractivity contribution in [2.75, 3.05) is 0 Å². The Morgan fingerprint density at radius 3 is 2.65 bits per heavy atom. The summed E-state index contributed by atoms with van der Waals surface area (Å²) in [5, 5.41) is 7.82. The Kier molecular flexibility index (Phi) is 3.61. The van der Waals surface area contributed by atoms with Crippen LogP contribution < -0.4 is 0 Å². The molecule has 5 nitrogen and oxygen atoms in total. The van der Waals surface area contributed by atoms with E-state index in [1.165, 1.54) is 15.8 Å². The van der Waals surface area contributed by atoms with E-state index in [4.69, 9.17) is 4.98 Å². The minimum atomic E-state index is 0.899. The molecule has 0 aliphatic rings. The van der Waals surface area contributed by atoms with Crippen LogP contribution in [0.25, 0.3) is 32.0 Å². The van der Waals surface area contributed by atoms with Crippen molar-refractivity contribution in [1.82, 2.24) is 25.1 Å². The number of nitrogens with one attached hydrogen (secondary N) is 2. The Morgan fingerprint density at radius 2 is 1.81 bits per heavy atom. The average molecular weight is 357 g/mol. The van der Waals surface area contributed by atoms with Crippen molar-refractivity contribution in [2.45, 2.75) is 6.42 Å². The summed E-state index contributed by atoms with van der Waals surface area (Å²) in [7, 11) is 0. The highest BCUT2D eigenvalue weighted by Crippen LogP contribution is 2.34. The summed E-state index contributed by atoms with van der Waals surface area (Å²) in [5.41, 5.74) is 6.57. The molecule has 0 amide bonds. The molecule has 0 bridgehead atoms. The molecule has 0 aliphatic carbocycles. The summed E-state index contributed by atoms with van der Waals surface area (Å²) in [6.07, 6.45) is 10.3. The molecule has 5 aromatic rings. The standard InChI is InChI=1S/C20H15N5S/c1-2-4-13(5-3-1)6-15-10-22-19-18(15)26-20(25-19)16-7-14(8-21-9-16)17-11-23-24-12-17/h1-5,7-12,22H,6H2,(H,23,24). The highest BCUT2D eigenvalue weighted by Gasteiger charge is 2.13. The van der Waals surface area contributed by atoms with Crippen molar-refractivity contribution in [1.29, 1.82) is 0 Å². The van der Waals surface area contributed by atoms with Gasteiger partial charge in [0.05, 0.1) is 10.9 Å². The molecule has 6 heteroatoms. The van der Waals surface area contributed by atoms with Gasteiger partial charge >= 0.3 is 0 Å². The van der Waals surface area contributed by atoms with Gasteiger partial charge in [-0.15, -0.1) is 11.3 Å². The normalized spacial score (nSPS) is 11.2. The molecule has 0 fully saturated rings. The fourth-order valence-electron chi connectivity index (χ4n) is 3.05. The second kappa shape index (κ2) is 6.24. The van der Waals surface area contributed by atoms with Crippen molar-refractivity contribution in [3.8, 4) is 21.7 Å². The van der Waals surface area contributed by atoms with E-state index in [2.05, 4.69) is 56.7 Å². The molecule has 2 N–H and O–H groups in total. The Morgan fingerprint density at radius 1 is 0.923 bits per heavy atom. The van der Waals surface area contributed by atoms with E-state index >= 15 is 0 Å². The van der Waals surface area contributed by atoms with Crippen LogP contribution in [0.15, 0.2) is 67.4 Å². The zero-order valence-corrected chi connectivity index (χ0v) is 14.6. The lowest BCUT2D eigenvalue weighted by Gasteiger charge is -2.00. The van der Waals surface area contributed by atoms with Crippen molar-refractivity contribution >= 4 is 21.7 Å². The number of hydrogen-bond donors (Lipinski definition) is 2. The highest BCUT2D eigenvalue weighted by molar-refractivity contribution is 7.21. The second-order valence-electron chi connectivity index (χ2n) is 6.12. The summed E-state index contributed by atoms with van der Waals surface area (Å²) in [6, 6.07) is 12.6. The molecule has 0 atom stereocenters. The molecule has 0 unspecified atom stereocenters. The minimum Gasteiger partial charge on any atom is -0.345 e. The molecule has 0 spiro atoms. The van der Waals surface area contributed by atoms with Crippen molar-refractivity contribution < 1.29 is 0 Å². The SMILES string of the molecule is c1ccc(Cc2c[nH]c3nc(-c4cncc(-c5cn[nH]c5)c4)sc23)cc1. The number of H-pyrrole nitrogens is 2. The van der Waals surface area contributed by atoms with Gasteiger partial charge in [-0.25, -0.2) is 4.98 Å². The van der Waals surface area contributed by atoms with Gasteiger partial charge in [0.15, 0.2) is 0 Å². The first-order valence-electron chi connectivity index (χ1n) is 8.32. The van der Waals surface area contributed by atoms with Crippen LogP contribution in [-0.4, -0.2) is 25.1 Å². The molecule has 0 radical (unpaired) electrons. The first-order valence-corrected chi connectivity index (χ1v) is 9.14. The molecule has 26 heavy (non-hydrogen) atoms. The Labute approximate surface area is 153 Å². The van der Waals surface area contributed by atoms with Crippen LogP contribution in [0.4, 0.5) is 0 Å². The predicted molar refractivity (Wildman–Crippen MR) is 104 cm³/mol. The van der Waals surface area contributed by atoms with Gasteiger partial charge in [-0.3, -0.25) is 10.1 Å². The van der Waals surface area contributed by atoms with E-state index in [1.807, 2.05) is 24.7 Å². The van der Waals surface area contributed by atoms with Crippen molar-refractivity contribution in [2.24, 2.45) is 0 Å². The van der Waals surface area contributed by atoms with Crippen LogP contribution in [0.1, 0.15) is 11.1 Å². The third-order valence-electron chi connectivity index (χ3n) is 4.36. The average Bonchev–Trinajstić information content (AvgIpc) is 3.42. The topological polar surface area (TPSA) is 70.2 Å². The maximum atomic E-state index is 4.77. The molecule has 1 aromatic carbocycles. The van der Waals surface area contributed by atoms with Crippen LogP contribution in [0.2, 0.25) is 0 Å². The van der Waals surface area contributed by atoms with Gasteiger partial charge in [-0.1, -0.05) is 30.3 Å². The molecule has 0 aliphatic heterocycles. The van der Waals surface area contributed by atoms with E-state index in [1.54, 1.807) is 17.5 Å². The number of thiazole rings is 1. The third kappa shape index (κ3) is 2.70. The largest absolute Gasteiger partial charge is 0.345 e. The maximum absolute atomic E-state index is 4.77. The van der Waals surface area contributed by atoms with Gasteiger partial charge < -0.3 is 4.98 Å². The number of benzene rings is 1. The van der Waals surface area contributed by atoms with Gasteiger partial charge in [-0.2, -0.15) is 5.10 Å². The number of nitrogens with zero attached hydrogens (tertiary/aromatic N) is 3. The van der Waals surface area contributed by atoms with Gasteiger partial charge in [0.1, 0.15) is 10.7 Å². The summed E-state index contributed by atoms with van der Waals surface area (Å²) in [5.74, 6) is 0. The van der Waals surface area contributed by atoms with Crippen LogP contribution in [0, 0.1) is 0 Å². The number of aromatic nitrogens is 5. The number of aromatic amines is 2. The zero-order chi connectivity index (χ0) is 17.3. The quantitative estimate of drug-likeness (QED) is 0.491. The van der Waals surface area contributed by atoms with Gasteiger partial charge in [-0.05, 0) is 17.2 Å². The summed E-state index contributed by atoms with van der Waals surface area (Å²) in [6.45, 7) is 0. The van der Waals surface area contributed by atoms with Crippen LogP contribution in [-0.2, 0) is 6.42 Å². The van der Waals surface area contributed by atoms with Gasteiger partial charge in [0.25, 0.3) is 0 Å². The molecular weight excluding hydrogens is 342 g/mol. The van der Waals surface area contributed by atoms with Gasteiger partial charge in [0, 0.05) is 47.9 Å². The molecule has 5 rings (SSSR count). The van der Waals surface area contributed by atoms with Gasteiger partial charge in [0.2, 0.25) is 0 Å². The summed E-state index contributed by atoms with van der Waals surface area (Å²) >= 11 is 1.70. The van der Waals surface area contributed by atoms with Crippen LogP contribution in [0.3, 0.4) is 0 Å². The van der Waals surface area contributed by atoms with Crippen LogP contribution >= 0.6 is 11.3 Å². The van der Waals surface area contributed by atoms with E-state index in [9.17, 15) is 0 Å². The van der Waals surface area contributed by atoms with E-state index in [0.717, 1.165) is 33.8 Å². The smallest absolute Gasteiger partial charge is 0.149 e. The lowest BCUT2D eigenvalue weighted by atomic mass is 10.1. The first kappa shape index (κ1) is 15.0. The molecule has 4 aromatic heterocycles. The molecule has 4 heterocycles. The maximum Gasteiger partial charge on any atom is 0.149 e. The first-order chi connectivity index (χ1) is 12.9. The Bertz CT molecular complexity index is 1160. The number of pyridine rings is 1. The lowest BCUT2D eigenvalue weighted by Crippen LogP contribution is -1.84. The fourth-order valence-corrected chi connectivity index (χ4v) is 4.07. The molecular formula is C20H15N5S. The second-order valence-corrected chi connectivity index (χ2v) is 7.12. The molecule has 126 valence electrons. The minimum absolute atomic E-state index is 0.899. The lowest BCUT2D eigenvalue weighted by molar-refractivity contribution is 1.09. The van der Waals surface area contributed by atoms with E-state index < -0.39 is 0 Å². The van der Waals surface area contributed by atoms with Crippen molar-refractivity contribution in [3.05, 3.63) is 78.5 Å². The number of rotatable bonds is 4. The molecule has 0 saturated heterocycles. The summed E-state index contributed by atoms with van der Waals surface area (Å²) in [4.78, 5) is 12.4. The predicted octanol–water partition coefficient (Wildman–Crippen LogP) is 4.67. The van der Waals surface area contributed by atoms with Crippen molar-refractivity contribution in [3.63, 3.8) is 0 Å². The van der Waals surface area contributed by atoms with E-state index in [-0.39, 0.29) is 0 Å². The summed E-state index contributed by atoms with van der Waals surface area (Å²) < 4.78 is 1.21. The number of hydrogen-bond acceptors (Lipinski definition) is 4. The number of fused-ring (bicyclic) bond motifs is 1. The molecule has 0 saturated carbocycles. The third-order valence-corrected chi connectivity index (χ3v) is 5.54. The fraction of sp³-hybridized carbons (Fsp3) is 0.0500. The highest BCUT2D eigenvalue weighted by atomic mass is 32.1. The Balaban J connectivity index is 1.52. The van der Waals surface area contributed by atoms with Crippen LogP contribution in [0.5, 0.6) is 0 Å².